The third-order valence-corrected chi connectivity index (χ3v) is 4.62. The van der Waals surface area contributed by atoms with Gasteiger partial charge in [0.1, 0.15) is 6.04 Å². The highest BCUT2D eigenvalue weighted by molar-refractivity contribution is 5.99. The Morgan fingerprint density at radius 1 is 0.964 bits per heavy atom. The molecule has 0 saturated carbocycles. The molecule has 3 amide bonds. The van der Waals surface area contributed by atoms with Crippen molar-refractivity contribution >= 4 is 23.4 Å². The zero-order valence-electron chi connectivity index (χ0n) is 16.1. The van der Waals surface area contributed by atoms with Gasteiger partial charge in [0.2, 0.25) is 11.8 Å². The Balaban J connectivity index is 1.76. The average Bonchev–Trinajstić information content (AvgIpc) is 3.12. The number of rotatable bonds is 6. The van der Waals surface area contributed by atoms with E-state index in [1.54, 1.807) is 29.2 Å². The molecule has 2 aromatic rings. The van der Waals surface area contributed by atoms with E-state index in [0.717, 1.165) is 12.1 Å². The van der Waals surface area contributed by atoms with Crippen molar-refractivity contribution in [2.45, 2.75) is 38.8 Å². The first-order valence-electron chi connectivity index (χ1n) is 9.52. The van der Waals surface area contributed by atoms with Crippen LogP contribution in [-0.2, 0) is 9.59 Å². The fraction of sp³-hybridized carbons (Fsp3) is 0.318. The smallest absolute Gasteiger partial charge is 0.252 e. The van der Waals surface area contributed by atoms with Gasteiger partial charge in [-0.25, -0.2) is 0 Å². The Morgan fingerprint density at radius 2 is 1.64 bits per heavy atom. The molecule has 6 heteroatoms. The number of hydrogen-bond donors (Lipinski definition) is 2. The summed E-state index contributed by atoms with van der Waals surface area (Å²) in [6, 6.07) is 15.2. The first-order chi connectivity index (χ1) is 13.5. The quantitative estimate of drug-likeness (QED) is 0.810. The number of carbonyl (C=O) groups is 3. The van der Waals surface area contributed by atoms with Gasteiger partial charge >= 0.3 is 0 Å². The third-order valence-electron chi connectivity index (χ3n) is 4.62. The van der Waals surface area contributed by atoms with Crippen molar-refractivity contribution in [1.82, 2.24) is 10.6 Å². The van der Waals surface area contributed by atoms with Gasteiger partial charge in [-0.2, -0.15) is 0 Å². The Kier molecular flexibility index (Phi) is 6.09. The Morgan fingerprint density at radius 3 is 2.21 bits per heavy atom. The molecule has 1 aliphatic heterocycles. The maximum absolute atomic E-state index is 12.7. The van der Waals surface area contributed by atoms with Crippen molar-refractivity contribution in [3.63, 3.8) is 0 Å². The minimum atomic E-state index is -0.782. The molecule has 6 nitrogen and oxygen atoms in total. The van der Waals surface area contributed by atoms with E-state index in [1.165, 1.54) is 0 Å². The van der Waals surface area contributed by atoms with Crippen LogP contribution in [0.3, 0.4) is 0 Å². The molecule has 0 aliphatic carbocycles. The highest BCUT2D eigenvalue weighted by Crippen LogP contribution is 2.22. The molecule has 2 aromatic carbocycles. The van der Waals surface area contributed by atoms with Crippen LogP contribution in [-0.4, -0.2) is 30.3 Å². The second kappa shape index (κ2) is 8.69. The monoisotopic (exact) mass is 379 g/mol. The van der Waals surface area contributed by atoms with Gasteiger partial charge in [0.15, 0.2) is 0 Å². The maximum Gasteiger partial charge on any atom is 0.252 e. The van der Waals surface area contributed by atoms with Gasteiger partial charge in [-0.1, -0.05) is 30.3 Å². The lowest BCUT2D eigenvalue weighted by Crippen LogP contribution is -2.42. The van der Waals surface area contributed by atoms with E-state index in [2.05, 4.69) is 10.6 Å². The summed E-state index contributed by atoms with van der Waals surface area (Å²) in [4.78, 5) is 38.9. The van der Waals surface area contributed by atoms with Crippen LogP contribution in [0.2, 0.25) is 0 Å². The standard InChI is InChI=1S/C22H25N3O3/c1-15(2)23-22(28)20(16-7-4-3-5-8-16)24-21(27)17-10-12-18(13-11-17)25-14-6-9-19(25)26/h3-5,7-8,10-13,15,20H,6,9,14H2,1-2H3,(H,23,28)(H,24,27)/t20-/m0/s1. The fourth-order valence-corrected chi connectivity index (χ4v) is 3.24. The van der Waals surface area contributed by atoms with Crippen molar-refractivity contribution in [3.8, 4) is 0 Å². The Labute approximate surface area is 164 Å². The lowest BCUT2D eigenvalue weighted by molar-refractivity contribution is -0.123. The van der Waals surface area contributed by atoms with Gasteiger partial charge in [-0.15, -0.1) is 0 Å². The van der Waals surface area contributed by atoms with E-state index < -0.39 is 6.04 Å². The Hall–Kier alpha value is -3.15. The van der Waals surface area contributed by atoms with Crippen LogP contribution in [0.4, 0.5) is 5.69 Å². The summed E-state index contributed by atoms with van der Waals surface area (Å²) in [5, 5.41) is 5.67. The summed E-state index contributed by atoms with van der Waals surface area (Å²) in [6.45, 7) is 4.45. The lowest BCUT2D eigenvalue weighted by Gasteiger charge is -2.21. The van der Waals surface area contributed by atoms with Gasteiger partial charge in [-0.05, 0) is 50.1 Å². The van der Waals surface area contributed by atoms with Crippen LogP contribution >= 0.6 is 0 Å². The number of benzene rings is 2. The summed E-state index contributed by atoms with van der Waals surface area (Å²) in [7, 11) is 0. The van der Waals surface area contributed by atoms with E-state index in [0.29, 0.717) is 24.1 Å². The largest absolute Gasteiger partial charge is 0.352 e. The predicted octanol–water partition coefficient (Wildman–Crippen LogP) is 2.81. The number of nitrogens with zero attached hydrogens (tertiary/aromatic N) is 1. The average molecular weight is 379 g/mol. The fourth-order valence-electron chi connectivity index (χ4n) is 3.24. The summed E-state index contributed by atoms with van der Waals surface area (Å²) in [5.41, 5.74) is 1.94. The normalized spacial score (nSPS) is 14.8. The number of hydrogen-bond acceptors (Lipinski definition) is 3. The minimum absolute atomic E-state index is 0.0344. The molecule has 2 N–H and O–H groups in total. The van der Waals surface area contributed by atoms with Crippen molar-refractivity contribution in [1.29, 1.82) is 0 Å². The molecule has 146 valence electrons. The summed E-state index contributed by atoms with van der Waals surface area (Å²) < 4.78 is 0. The lowest BCUT2D eigenvalue weighted by atomic mass is 10.0. The van der Waals surface area contributed by atoms with Gasteiger partial charge in [0.25, 0.3) is 5.91 Å². The van der Waals surface area contributed by atoms with E-state index >= 15 is 0 Å². The van der Waals surface area contributed by atoms with Crippen LogP contribution in [0.5, 0.6) is 0 Å². The second-order valence-corrected chi connectivity index (χ2v) is 7.18. The molecule has 1 heterocycles. The molecule has 0 bridgehead atoms. The third kappa shape index (κ3) is 4.57. The molecule has 0 spiro atoms. The van der Waals surface area contributed by atoms with E-state index in [-0.39, 0.29) is 23.8 Å². The molecule has 28 heavy (non-hydrogen) atoms. The SMILES string of the molecule is CC(C)NC(=O)[C@@H](NC(=O)c1ccc(N2CCCC2=O)cc1)c1ccccc1. The van der Waals surface area contributed by atoms with Crippen LogP contribution in [0.15, 0.2) is 54.6 Å². The van der Waals surface area contributed by atoms with Crippen molar-refractivity contribution < 1.29 is 14.4 Å². The number of amides is 3. The topological polar surface area (TPSA) is 78.5 Å². The minimum Gasteiger partial charge on any atom is -0.352 e. The molecule has 0 unspecified atom stereocenters. The highest BCUT2D eigenvalue weighted by atomic mass is 16.2. The predicted molar refractivity (Wildman–Crippen MR) is 108 cm³/mol. The summed E-state index contributed by atoms with van der Waals surface area (Å²) >= 11 is 0. The van der Waals surface area contributed by atoms with Crippen LogP contribution < -0.4 is 15.5 Å². The molecule has 1 saturated heterocycles. The zero-order chi connectivity index (χ0) is 20.1. The van der Waals surface area contributed by atoms with E-state index in [1.807, 2.05) is 44.2 Å². The van der Waals surface area contributed by atoms with Crippen molar-refractivity contribution in [3.05, 3.63) is 65.7 Å². The second-order valence-electron chi connectivity index (χ2n) is 7.18. The highest BCUT2D eigenvalue weighted by Gasteiger charge is 2.25. The van der Waals surface area contributed by atoms with Gasteiger partial charge < -0.3 is 15.5 Å². The first kappa shape index (κ1) is 19.6. The van der Waals surface area contributed by atoms with Gasteiger partial charge in [-0.3, -0.25) is 14.4 Å². The first-order valence-corrected chi connectivity index (χ1v) is 9.52. The number of nitrogens with one attached hydrogen (secondary N) is 2. The van der Waals surface area contributed by atoms with Crippen LogP contribution in [0.25, 0.3) is 0 Å². The van der Waals surface area contributed by atoms with Crippen LogP contribution in [0.1, 0.15) is 48.7 Å². The van der Waals surface area contributed by atoms with Gasteiger partial charge in [0, 0.05) is 30.3 Å². The molecule has 1 fully saturated rings. The molecule has 1 aliphatic rings. The van der Waals surface area contributed by atoms with E-state index in [4.69, 9.17) is 0 Å². The molecule has 1 atom stereocenters. The zero-order valence-corrected chi connectivity index (χ0v) is 16.1. The maximum atomic E-state index is 12.7. The molecular weight excluding hydrogens is 354 g/mol. The number of carbonyl (C=O) groups excluding carboxylic acids is 3. The molecular formula is C22H25N3O3. The summed E-state index contributed by atoms with van der Waals surface area (Å²) in [6.07, 6.45) is 1.41. The van der Waals surface area contributed by atoms with Crippen molar-refractivity contribution in [2.24, 2.45) is 0 Å². The number of anilines is 1. The Bertz CT molecular complexity index is 847. The van der Waals surface area contributed by atoms with Crippen LogP contribution in [0, 0.1) is 0 Å². The van der Waals surface area contributed by atoms with Crippen molar-refractivity contribution in [2.75, 3.05) is 11.4 Å². The molecule has 0 radical (unpaired) electrons. The molecule has 0 aromatic heterocycles. The van der Waals surface area contributed by atoms with Gasteiger partial charge in [0.05, 0.1) is 0 Å². The molecule has 3 rings (SSSR count). The van der Waals surface area contributed by atoms with E-state index in [9.17, 15) is 14.4 Å². The summed E-state index contributed by atoms with van der Waals surface area (Å²) in [5.74, 6) is -0.493.